The zero-order chi connectivity index (χ0) is 10.7. The van der Waals surface area contributed by atoms with Gasteiger partial charge < -0.3 is 9.53 Å². The molecule has 0 saturated carbocycles. The SMILES string of the molecule is O=CC1(CN2CCC(F)C2)CCCOC1. The van der Waals surface area contributed by atoms with Crippen LogP contribution in [0.15, 0.2) is 0 Å². The van der Waals surface area contributed by atoms with Crippen molar-refractivity contribution in [2.75, 3.05) is 32.8 Å². The van der Waals surface area contributed by atoms with Crippen molar-refractivity contribution in [3.8, 4) is 0 Å². The van der Waals surface area contributed by atoms with E-state index in [0.29, 0.717) is 26.1 Å². The van der Waals surface area contributed by atoms with Gasteiger partial charge in [0.2, 0.25) is 0 Å². The van der Waals surface area contributed by atoms with E-state index < -0.39 is 6.17 Å². The van der Waals surface area contributed by atoms with E-state index in [-0.39, 0.29) is 5.41 Å². The summed E-state index contributed by atoms with van der Waals surface area (Å²) in [5.74, 6) is 0. The van der Waals surface area contributed by atoms with Gasteiger partial charge in [0.1, 0.15) is 12.5 Å². The van der Waals surface area contributed by atoms with E-state index >= 15 is 0 Å². The number of hydrogen-bond donors (Lipinski definition) is 0. The van der Waals surface area contributed by atoms with Crippen molar-refractivity contribution in [1.29, 1.82) is 0 Å². The maximum atomic E-state index is 13.0. The fraction of sp³-hybridized carbons (Fsp3) is 0.909. The lowest BCUT2D eigenvalue weighted by molar-refractivity contribution is -0.125. The quantitative estimate of drug-likeness (QED) is 0.658. The van der Waals surface area contributed by atoms with Crippen LogP contribution in [-0.4, -0.2) is 50.2 Å². The normalized spacial score (nSPS) is 38.1. The van der Waals surface area contributed by atoms with Gasteiger partial charge in [-0.3, -0.25) is 4.90 Å². The Kier molecular flexibility index (Phi) is 3.36. The molecule has 0 bridgehead atoms. The Labute approximate surface area is 89.6 Å². The monoisotopic (exact) mass is 215 g/mol. The summed E-state index contributed by atoms with van der Waals surface area (Å²) in [5, 5.41) is 0. The Hall–Kier alpha value is -0.480. The topological polar surface area (TPSA) is 29.5 Å². The molecular weight excluding hydrogens is 197 g/mol. The van der Waals surface area contributed by atoms with Crippen molar-refractivity contribution >= 4 is 6.29 Å². The van der Waals surface area contributed by atoms with Gasteiger partial charge in [0.25, 0.3) is 0 Å². The van der Waals surface area contributed by atoms with E-state index in [9.17, 15) is 9.18 Å². The van der Waals surface area contributed by atoms with Crippen LogP contribution in [0.4, 0.5) is 4.39 Å². The number of ether oxygens (including phenoxy) is 1. The van der Waals surface area contributed by atoms with Crippen molar-refractivity contribution < 1.29 is 13.9 Å². The molecule has 2 saturated heterocycles. The molecule has 15 heavy (non-hydrogen) atoms. The molecule has 2 heterocycles. The second-order valence-corrected chi connectivity index (χ2v) is 4.76. The van der Waals surface area contributed by atoms with Crippen molar-refractivity contribution in [3.63, 3.8) is 0 Å². The number of nitrogens with zero attached hydrogens (tertiary/aromatic N) is 1. The molecule has 2 atom stereocenters. The lowest BCUT2D eigenvalue weighted by Gasteiger charge is -2.35. The number of rotatable bonds is 3. The molecule has 0 aromatic rings. The van der Waals surface area contributed by atoms with Crippen LogP contribution in [0.5, 0.6) is 0 Å². The lowest BCUT2D eigenvalue weighted by Crippen LogP contribution is -2.43. The first-order valence-corrected chi connectivity index (χ1v) is 5.65. The van der Waals surface area contributed by atoms with E-state index in [1.54, 1.807) is 0 Å². The molecule has 2 aliphatic rings. The van der Waals surface area contributed by atoms with Crippen molar-refractivity contribution in [3.05, 3.63) is 0 Å². The minimum Gasteiger partial charge on any atom is -0.380 e. The first-order valence-electron chi connectivity index (χ1n) is 5.65. The summed E-state index contributed by atoms with van der Waals surface area (Å²) in [5.41, 5.74) is -0.373. The summed E-state index contributed by atoms with van der Waals surface area (Å²) in [4.78, 5) is 13.2. The average molecular weight is 215 g/mol. The highest BCUT2D eigenvalue weighted by molar-refractivity contribution is 5.60. The van der Waals surface area contributed by atoms with E-state index in [0.717, 1.165) is 32.3 Å². The van der Waals surface area contributed by atoms with Crippen LogP contribution >= 0.6 is 0 Å². The molecule has 0 amide bonds. The van der Waals surface area contributed by atoms with Crippen LogP contribution < -0.4 is 0 Å². The van der Waals surface area contributed by atoms with E-state index in [1.165, 1.54) is 0 Å². The predicted molar refractivity (Wildman–Crippen MR) is 54.5 cm³/mol. The first-order chi connectivity index (χ1) is 7.24. The van der Waals surface area contributed by atoms with Crippen LogP contribution in [-0.2, 0) is 9.53 Å². The molecule has 0 spiro atoms. The highest BCUT2D eigenvalue weighted by Gasteiger charge is 2.36. The number of alkyl halides is 1. The lowest BCUT2D eigenvalue weighted by atomic mass is 9.83. The largest absolute Gasteiger partial charge is 0.380 e. The standard InChI is InChI=1S/C11H18FNO2/c12-10-2-4-13(6-10)7-11(8-14)3-1-5-15-9-11/h8,10H,1-7,9H2. The zero-order valence-electron chi connectivity index (χ0n) is 8.95. The van der Waals surface area contributed by atoms with Gasteiger partial charge in [-0.2, -0.15) is 0 Å². The van der Waals surface area contributed by atoms with Crippen molar-refractivity contribution in [2.24, 2.45) is 5.41 Å². The number of likely N-dealkylation sites (tertiary alicyclic amines) is 1. The highest BCUT2D eigenvalue weighted by Crippen LogP contribution is 2.29. The smallest absolute Gasteiger partial charge is 0.129 e. The van der Waals surface area contributed by atoms with E-state index in [2.05, 4.69) is 0 Å². The minimum absolute atomic E-state index is 0.373. The Balaban J connectivity index is 1.92. The van der Waals surface area contributed by atoms with Crippen LogP contribution in [0.1, 0.15) is 19.3 Å². The van der Waals surface area contributed by atoms with Gasteiger partial charge >= 0.3 is 0 Å². The number of hydrogen-bond acceptors (Lipinski definition) is 3. The number of halogens is 1. The Bertz CT molecular complexity index is 229. The van der Waals surface area contributed by atoms with Crippen LogP contribution in [0.2, 0.25) is 0 Å². The summed E-state index contributed by atoms with van der Waals surface area (Å²) in [6.07, 6.45) is 2.72. The third-order valence-electron chi connectivity index (χ3n) is 3.36. The maximum absolute atomic E-state index is 13.0. The van der Waals surface area contributed by atoms with Gasteiger partial charge in [-0.25, -0.2) is 4.39 Å². The molecule has 2 rings (SSSR count). The van der Waals surface area contributed by atoms with Crippen LogP contribution in [0, 0.1) is 5.41 Å². The summed E-state index contributed by atoms with van der Waals surface area (Å²) in [6.45, 7) is 3.18. The molecular formula is C11H18FNO2. The summed E-state index contributed by atoms with van der Waals surface area (Å²) in [7, 11) is 0. The molecule has 3 nitrogen and oxygen atoms in total. The summed E-state index contributed by atoms with van der Waals surface area (Å²) < 4.78 is 18.4. The van der Waals surface area contributed by atoms with Crippen molar-refractivity contribution in [1.82, 2.24) is 4.90 Å². The number of aldehydes is 1. The van der Waals surface area contributed by atoms with Crippen LogP contribution in [0.25, 0.3) is 0 Å². The number of carbonyl (C=O) groups excluding carboxylic acids is 1. The van der Waals surface area contributed by atoms with Gasteiger partial charge in [0.15, 0.2) is 0 Å². The van der Waals surface area contributed by atoms with E-state index in [4.69, 9.17) is 4.74 Å². The molecule has 86 valence electrons. The second kappa shape index (κ2) is 4.58. The van der Waals surface area contributed by atoms with Crippen LogP contribution in [0.3, 0.4) is 0 Å². The van der Waals surface area contributed by atoms with Crippen molar-refractivity contribution in [2.45, 2.75) is 25.4 Å². The zero-order valence-corrected chi connectivity index (χ0v) is 8.95. The molecule has 2 fully saturated rings. The molecule has 0 aromatic carbocycles. The molecule has 0 aliphatic carbocycles. The highest BCUT2D eigenvalue weighted by atomic mass is 19.1. The maximum Gasteiger partial charge on any atom is 0.129 e. The number of carbonyl (C=O) groups is 1. The molecule has 0 N–H and O–H groups in total. The van der Waals surface area contributed by atoms with Gasteiger partial charge in [0, 0.05) is 26.2 Å². The Morgan fingerprint density at radius 3 is 3.00 bits per heavy atom. The predicted octanol–water partition coefficient (Wildman–Crippen LogP) is 1.03. The molecule has 0 aromatic heterocycles. The fourth-order valence-electron chi connectivity index (χ4n) is 2.50. The third-order valence-corrected chi connectivity index (χ3v) is 3.36. The van der Waals surface area contributed by atoms with Gasteiger partial charge in [-0.15, -0.1) is 0 Å². The van der Waals surface area contributed by atoms with E-state index in [1.807, 2.05) is 4.90 Å². The fourth-order valence-corrected chi connectivity index (χ4v) is 2.50. The minimum atomic E-state index is -0.710. The second-order valence-electron chi connectivity index (χ2n) is 4.76. The summed E-state index contributed by atoms with van der Waals surface area (Å²) in [6, 6.07) is 0. The first kappa shape index (κ1) is 11.0. The Morgan fingerprint density at radius 1 is 1.60 bits per heavy atom. The summed E-state index contributed by atoms with van der Waals surface area (Å²) >= 11 is 0. The van der Waals surface area contributed by atoms with Gasteiger partial charge in [-0.1, -0.05) is 0 Å². The Morgan fingerprint density at radius 2 is 2.47 bits per heavy atom. The van der Waals surface area contributed by atoms with Gasteiger partial charge in [0.05, 0.1) is 12.0 Å². The molecule has 4 heteroatoms. The molecule has 0 radical (unpaired) electrons. The average Bonchev–Trinajstić information content (AvgIpc) is 2.65. The van der Waals surface area contributed by atoms with Gasteiger partial charge in [-0.05, 0) is 19.3 Å². The molecule has 2 unspecified atom stereocenters. The third kappa shape index (κ3) is 2.55. The molecule has 2 aliphatic heterocycles.